The molecule has 2 aromatic rings. The number of fused-ring (bicyclic) bond motifs is 1. The first kappa shape index (κ1) is 9.94. The molecule has 0 amide bonds. The minimum Gasteiger partial charge on any atom is -0.206 e. The van der Waals surface area contributed by atoms with Crippen LogP contribution in [0.3, 0.4) is 0 Å². The first-order chi connectivity index (χ1) is 6.76. The van der Waals surface area contributed by atoms with Crippen LogP contribution in [0.5, 0.6) is 0 Å². The summed E-state index contributed by atoms with van der Waals surface area (Å²) in [6, 6.07) is 3.64. The molecule has 0 N–H and O–H groups in total. The zero-order valence-electron chi connectivity index (χ0n) is 7.81. The first-order valence-electron chi connectivity index (χ1n) is 4.50. The van der Waals surface area contributed by atoms with Gasteiger partial charge in [0, 0.05) is 16.0 Å². The molecule has 0 saturated heterocycles. The first-order valence-corrected chi connectivity index (χ1v) is 5.92. The average Bonchev–Trinajstić information content (AvgIpc) is 2.61. The molecule has 0 fully saturated rings. The van der Waals surface area contributed by atoms with Crippen LogP contribution in [0.25, 0.3) is 10.1 Å². The Balaban J connectivity index is 2.72. The summed E-state index contributed by atoms with van der Waals surface area (Å²) in [6.45, 7) is 2.02. The van der Waals surface area contributed by atoms with Crippen LogP contribution in [0, 0.1) is 5.82 Å². The molecule has 3 heteroatoms. The van der Waals surface area contributed by atoms with Crippen molar-refractivity contribution in [2.24, 2.45) is 0 Å². The zero-order valence-corrected chi connectivity index (χ0v) is 9.38. The lowest BCUT2D eigenvalue weighted by molar-refractivity contribution is 0.637. The van der Waals surface area contributed by atoms with Gasteiger partial charge in [0.15, 0.2) is 0 Å². The number of rotatable bonds is 2. The maximum Gasteiger partial charge on any atom is 0.132 e. The summed E-state index contributed by atoms with van der Waals surface area (Å²) in [4.78, 5) is 0. The van der Waals surface area contributed by atoms with Gasteiger partial charge in [0.2, 0.25) is 0 Å². The Hall–Kier alpha value is -0.600. The van der Waals surface area contributed by atoms with Crippen molar-refractivity contribution in [2.45, 2.75) is 19.2 Å². The van der Waals surface area contributed by atoms with E-state index >= 15 is 0 Å². The Kier molecular flexibility index (Phi) is 2.75. The number of halogens is 2. The lowest BCUT2D eigenvalue weighted by Crippen LogP contribution is -1.85. The molecule has 0 aliphatic rings. The number of hydrogen-bond acceptors (Lipinski definition) is 1. The van der Waals surface area contributed by atoms with Gasteiger partial charge in [0.05, 0.1) is 0 Å². The van der Waals surface area contributed by atoms with E-state index in [0.717, 1.165) is 22.2 Å². The van der Waals surface area contributed by atoms with Crippen molar-refractivity contribution in [3.8, 4) is 0 Å². The molecule has 0 unspecified atom stereocenters. The number of benzene rings is 1. The summed E-state index contributed by atoms with van der Waals surface area (Å²) >= 11 is 7.29. The van der Waals surface area contributed by atoms with Gasteiger partial charge >= 0.3 is 0 Å². The molecule has 1 aromatic carbocycles. The summed E-state index contributed by atoms with van der Waals surface area (Å²) in [6.07, 6.45) is 0.862. The molecular formula is C11H10ClFS. The van der Waals surface area contributed by atoms with E-state index < -0.39 is 0 Å². The fourth-order valence-electron chi connectivity index (χ4n) is 1.54. The van der Waals surface area contributed by atoms with Crippen molar-refractivity contribution in [1.82, 2.24) is 0 Å². The Morgan fingerprint density at radius 3 is 2.86 bits per heavy atom. The quantitative estimate of drug-likeness (QED) is 0.671. The molecule has 0 bridgehead atoms. The van der Waals surface area contributed by atoms with Crippen molar-refractivity contribution in [2.75, 3.05) is 0 Å². The number of hydrogen-bond donors (Lipinski definition) is 0. The van der Waals surface area contributed by atoms with Crippen molar-refractivity contribution in [1.29, 1.82) is 0 Å². The highest BCUT2D eigenvalue weighted by molar-refractivity contribution is 7.17. The maximum absolute atomic E-state index is 13.7. The summed E-state index contributed by atoms with van der Waals surface area (Å²) < 4.78 is 14.7. The average molecular weight is 229 g/mol. The van der Waals surface area contributed by atoms with Crippen molar-refractivity contribution in [3.63, 3.8) is 0 Å². The predicted octanol–water partition coefficient (Wildman–Crippen LogP) is 4.34. The van der Waals surface area contributed by atoms with E-state index in [1.807, 2.05) is 18.4 Å². The van der Waals surface area contributed by atoms with E-state index in [9.17, 15) is 4.39 Å². The fraction of sp³-hybridized carbons (Fsp3) is 0.273. The minimum atomic E-state index is -0.142. The molecule has 2 rings (SSSR count). The molecule has 0 aliphatic heterocycles. The third-order valence-corrected chi connectivity index (χ3v) is 3.58. The second kappa shape index (κ2) is 3.87. The van der Waals surface area contributed by atoms with Crippen LogP contribution in [0.2, 0.25) is 0 Å². The van der Waals surface area contributed by atoms with E-state index in [1.165, 1.54) is 0 Å². The summed E-state index contributed by atoms with van der Waals surface area (Å²) in [5, 5.41) is 2.63. The largest absolute Gasteiger partial charge is 0.206 e. The molecule has 1 aromatic heterocycles. The molecule has 0 saturated carbocycles. The molecule has 1 heterocycles. The van der Waals surface area contributed by atoms with Crippen LogP contribution in [0.1, 0.15) is 18.1 Å². The van der Waals surface area contributed by atoms with Crippen molar-refractivity contribution in [3.05, 3.63) is 34.5 Å². The van der Waals surface area contributed by atoms with E-state index in [-0.39, 0.29) is 5.82 Å². The van der Waals surface area contributed by atoms with E-state index in [4.69, 9.17) is 11.6 Å². The second-order valence-electron chi connectivity index (χ2n) is 3.20. The normalized spacial score (nSPS) is 11.1. The number of aryl methyl sites for hydroxylation is 1. The van der Waals surface area contributed by atoms with Crippen LogP contribution in [-0.4, -0.2) is 0 Å². The molecule has 14 heavy (non-hydrogen) atoms. The molecule has 0 atom stereocenters. The van der Waals surface area contributed by atoms with E-state index in [2.05, 4.69) is 0 Å². The van der Waals surface area contributed by atoms with Gasteiger partial charge in [-0.25, -0.2) is 4.39 Å². The Morgan fingerprint density at radius 1 is 1.43 bits per heavy atom. The number of alkyl halides is 1. The van der Waals surface area contributed by atoms with Gasteiger partial charge in [-0.15, -0.1) is 22.9 Å². The number of thiophene rings is 1. The molecular weight excluding hydrogens is 219 g/mol. The summed E-state index contributed by atoms with van der Waals surface area (Å²) in [5.74, 6) is 0.235. The highest BCUT2D eigenvalue weighted by atomic mass is 35.5. The van der Waals surface area contributed by atoms with Gasteiger partial charge in [-0.1, -0.05) is 6.92 Å². The minimum absolute atomic E-state index is 0.142. The van der Waals surface area contributed by atoms with E-state index in [0.29, 0.717) is 11.3 Å². The second-order valence-corrected chi connectivity index (χ2v) is 4.38. The van der Waals surface area contributed by atoms with E-state index in [1.54, 1.807) is 17.4 Å². The third kappa shape index (κ3) is 1.53. The van der Waals surface area contributed by atoms with Crippen LogP contribution < -0.4 is 0 Å². The molecule has 74 valence electrons. The topological polar surface area (TPSA) is 0 Å². The molecule has 0 spiro atoms. The van der Waals surface area contributed by atoms with Crippen LogP contribution in [-0.2, 0) is 12.3 Å². The van der Waals surface area contributed by atoms with Gasteiger partial charge in [0.1, 0.15) is 5.82 Å². The van der Waals surface area contributed by atoms with Crippen molar-refractivity contribution < 1.29 is 4.39 Å². The van der Waals surface area contributed by atoms with Gasteiger partial charge in [-0.2, -0.15) is 0 Å². The van der Waals surface area contributed by atoms with Gasteiger partial charge in [-0.05, 0) is 35.1 Å². The summed E-state index contributed by atoms with van der Waals surface area (Å²) in [5.41, 5.74) is 1.93. The Bertz CT molecular complexity index is 462. The SMILES string of the molecule is CCc1cc(F)c2c(CCl)csc2c1. The fourth-order valence-corrected chi connectivity index (χ4v) is 2.87. The third-order valence-electron chi connectivity index (χ3n) is 2.32. The molecule has 0 aliphatic carbocycles. The zero-order chi connectivity index (χ0) is 10.1. The van der Waals surface area contributed by atoms with Crippen LogP contribution >= 0.6 is 22.9 Å². The highest BCUT2D eigenvalue weighted by Crippen LogP contribution is 2.30. The van der Waals surface area contributed by atoms with Crippen molar-refractivity contribution >= 4 is 33.0 Å². The molecule has 0 radical (unpaired) electrons. The Labute approximate surface area is 91.3 Å². The molecule has 0 nitrogen and oxygen atoms in total. The lowest BCUT2D eigenvalue weighted by Gasteiger charge is -2.00. The van der Waals surface area contributed by atoms with Crippen LogP contribution in [0.4, 0.5) is 4.39 Å². The monoisotopic (exact) mass is 228 g/mol. The Morgan fingerprint density at radius 2 is 2.21 bits per heavy atom. The highest BCUT2D eigenvalue weighted by Gasteiger charge is 2.09. The van der Waals surface area contributed by atoms with Gasteiger partial charge in [-0.3, -0.25) is 0 Å². The standard InChI is InChI=1S/C11H10ClFS/c1-2-7-3-9(13)11-8(5-12)6-14-10(11)4-7/h3-4,6H,2,5H2,1H3. The lowest BCUT2D eigenvalue weighted by atomic mass is 10.1. The van der Waals surface area contributed by atoms with Crippen LogP contribution in [0.15, 0.2) is 17.5 Å². The predicted molar refractivity (Wildman–Crippen MR) is 60.7 cm³/mol. The smallest absolute Gasteiger partial charge is 0.132 e. The van der Waals surface area contributed by atoms with Gasteiger partial charge < -0.3 is 0 Å². The van der Waals surface area contributed by atoms with Gasteiger partial charge in [0.25, 0.3) is 0 Å². The maximum atomic E-state index is 13.7. The summed E-state index contributed by atoms with van der Waals surface area (Å²) in [7, 11) is 0.